The van der Waals surface area contributed by atoms with Gasteiger partial charge in [0.15, 0.2) is 0 Å². The fraction of sp³-hybridized carbons (Fsp3) is 0.800. The fourth-order valence-electron chi connectivity index (χ4n) is 6.02. The molecule has 2 saturated carbocycles. The maximum atomic E-state index is 9.81. The van der Waals surface area contributed by atoms with Crippen LogP contribution >= 0.6 is 0 Å². The number of hydrogen-bond donors (Lipinski definition) is 1. The van der Waals surface area contributed by atoms with E-state index in [-0.39, 0.29) is 12.0 Å². The van der Waals surface area contributed by atoms with Crippen molar-refractivity contribution < 1.29 is 5.11 Å². The van der Waals surface area contributed by atoms with Crippen molar-refractivity contribution in [1.82, 2.24) is 0 Å². The van der Waals surface area contributed by atoms with E-state index in [4.69, 9.17) is 0 Å². The van der Waals surface area contributed by atoms with Gasteiger partial charge < -0.3 is 5.11 Å². The van der Waals surface area contributed by atoms with E-state index in [1.807, 2.05) is 6.08 Å². The first-order valence-corrected chi connectivity index (χ1v) is 8.80. The molecule has 0 aromatic rings. The fourth-order valence-corrected chi connectivity index (χ4v) is 6.02. The largest absolute Gasteiger partial charge is 0.395 e. The Kier molecular flexibility index (Phi) is 3.64. The lowest BCUT2D eigenvalue weighted by Gasteiger charge is -2.59. The highest BCUT2D eigenvalue weighted by atomic mass is 16.3. The third-order valence-electron chi connectivity index (χ3n) is 7.37. The number of fused-ring (bicyclic) bond motifs is 3. The van der Waals surface area contributed by atoms with Gasteiger partial charge in [0.1, 0.15) is 0 Å². The summed E-state index contributed by atoms with van der Waals surface area (Å²) in [5, 5.41) is 9.81. The summed E-state index contributed by atoms with van der Waals surface area (Å²) < 4.78 is 0. The molecule has 2 fully saturated rings. The van der Waals surface area contributed by atoms with Gasteiger partial charge in [-0.2, -0.15) is 0 Å². The van der Waals surface area contributed by atoms with Crippen LogP contribution in [0.4, 0.5) is 0 Å². The summed E-state index contributed by atoms with van der Waals surface area (Å²) in [7, 11) is 0. The molecule has 0 bridgehead atoms. The van der Waals surface area contributed by atoms with Crippen LogP contribution < -0.4 is 0 Å². The Balaban J connectivity index is 1.93. The van der Waals surface area contributed by atoms with Crippen molar-refractivity contribution in [1.29, 1.82) is 0 Å². The second-order valence-electron chi connectivity index (χ2n) is 8.91. The number of rotatable bonds is 2. The Morgan fingerprint density at radius 3 is 2.71 bits per heavy atom. The molecule has 0 radical (unpaired) electrons. The molecule has 118 valence electrons. The minimum Gasteiger partial charge on any atom is -0.395 e. The summed E-state index contributed by atoms with van der Waals surface area (Å²) in [6, 6.07) is 0. The third-order valence-corrected chi connectivity index (χ3v) is 7.37. The average Bonchev–Trinajstić information content (AvgIpc) is 2.45. The Hall–Kier alpha value is -0.560. The zero-order valence-electron chi connectivity index (χ0n) is 14.1. The van der Waals surface area contributed by atoms with E-state index in [2.05, 4.69) is 33.4 Å². The highest BCUT2D eigenvalue weighted by Gasteiger charge is 2.54. The van der Waals surface area contributed by atoms with Crippen molar-refractivity contribution in [3.63, 3.8) is 0 Å². The van der Waals surface area contributed by atoms with Gasteiger partial charge in [-0.1, -0.05) is 44.9 Å². The van der Waals surface area contributed by atoms with Gasteiger partial charge >= 0.3 is 0 Å². The molecule has 0 unspecified atom stereocenters. The lowest BCUT2D eigenvalue weighted by atomic mass is 9.46. The van der Waals surface area contributed by atoms with E-state index in [1.165, 1.54) is 32.1 Å². The maximum Gasteiger partial charge on any atom is 0.0524 e. The Bertz CT molecular complexity index is 460. The molecule has 0 aromatic heterocycles. The Morgan fingerprint density at radius 2 is 2.05 bits per heavy atom. The van der Waals surface area contributed by atoms with Crippen molar-refractivity contribution >= 4 is 0 Å². The SMILES string of the molecule is C=C[C@]1(CO)CC[C@H]2C(=CC[C@H]3C(C)(C)CCC[C@]23C)C1. The van der Waals surface area contributed by atoms with E-state index >= 15 is 0 Å². The van der Waals surface area contributed by atoms with Crippen LogP contribution in [0.3, 0.4) is 0 Å². The van der Waals surface area contributed by atoms with Crippen LogP contribution in [0.2, 0.25) is 0 Å². The first-order chi connectivity index (χ1) is 9.87. The van der Waals surface area contributed by atoms with Crippen molar-refractivity contribution in [3.05, 3.63) is 24.3 Å². The zero-order chi connectivity index (χ0) is 15.3. The summed E-state index contributed by atoms with van der Waals surface area (Å²) in [5.74, 6) is 1.58. The second-order valence-corrected chi connectivity index (χ2v) is 8.91. The van der Waals surface area contributed by atoms with Crippen molar-refractivity contribution in [2.45, 2.75) is 65.7 Å². The van der Waals surface area contributed by atoms with E-state index in [1.54, 1.807) is 5.57 Å². The van der Waals surface area contributed by atoms with Crippen molar-refractivity contribution in [2.75, 3.05) is 6.61 Å². The number of allylic oxidation sites excluding steroid dienone is 2. The molecule has 0 spiro atoms. The number of hydrogen-bond acceptors (Lipinski definition) is 1. The summed E-state index contributed by atoms with van der Waals surface area (Å²) in [6.07, 6.45) is 13.4. The van der Waals surface area contributed by atoms with Crippen molar-refractivity contribution in [3.8, 4) is 0 Å². The smallest absolute Gasteiger partial charge is 0.0524 e. The molecule has 1 nitrogen and oxygen atoms in total. The quantitative estimate of drug-likeness (QED) is 0.700. The first kappa shape index (κ1) is 15.3. The molecule has 0 amide bonds. The van der Waals surface area contributed by atoms with Gasteiger partial charge in [0.2, 0.25) is 0 Å². The topological polar surface area (TPSA) is 20.2 Å². The van der Waals surface area contributed by atoms with E-state index in [9.17, 15) is 5.11 Å². The monoisotopic (exact) mass is 288 g/mol. The lowest BCUT2D eigenvalue weighted by Crippen LogP contribution is -2.50. The molecule has 0 aromatic carbocycles. The Morgan fingerprint density at radius 1 is 1.29 bits per heavy atom. The Labute approximate surface area is 130 Å². The minimum atomic E-state index is -0.0459. The summed E-state index contributed by atoms with van der Waals surface area (Å²) >= 11 is 0. The van der Waals surface area contributed by atoms with Gasteiger partial charge in [0, 0.05) is 5.41 Å². The second kappa shape index (κ2) is 4.98. The molecule has 0 aliphatic heterocycles. The van der Waals surface area contributed by atoms with Gasteiger partial charge in [-0.15, -0.1) is 6.58 Å². The standard InChI is InChI=1S/C20H32O/c1-5-20(14-21)12-9-16-15(13-20)7-8-17-18(2,3)10-6-11-19(16,17)4/h5,7,16-17,21H,1,6,8-14H2,2-4H3/t16-,17-,19+,20-/m0/s1. The molecule has 3 aliphatic rings. The van der Waals surface area contributed by atoms with Crippen molar-refractivity contribution in [2.24, 2.45) is 28.1 Å². The van der Waals surface area contributed by atoms with E-state index < -0.39 is 0 Å². The molecular weight excluding hydrogens is 256 g/mol. The molecule has 3 rings (SSSR count). The van der Waals surface area contributed by atoms with Gasteiger partial charge in [0.25, 0.3) is 0 Å². The first-order valence-electron chi connectivity index (χ1n) is 8.80. The van der Waals surface area contributed by atoms with Gasteiger partial charge in [-0.25, -0.2) is 0 Å². The molecule has 3 aliphatic carbocycles. The molecule has 4 atom stereocenters. The van der Waals surface area contributed by atoms with Crippen LogP contribution in [0.25, 0.3) is 0 Å². The average molecular weight is 288 g/mol. The maximum absolute atomic E-state index is 9.81. The predicted octanol–water partition coefficient (Wildman–Crippen LogP) is 5.11. The summed E-state index contributed by atoms with van der Waals surface area (Å²) in [5.41, 5.74) is 2.55. The molecule has 21 heavy (non-hydrogen) atoms. The van der Waals surface area contributed by atoms with Crippen LogP contribution in [0.1, 0.15) is 65.7 Å². The van der Waals surface area contributed by atoms with Gasteiger partial charge in [-0.05, 0) is 61.2 Å². The number of aliphatic hydroxyl groups is 1. The molecule has 1 N–H and O–H groups in total. The highest BCUT2D eigenvalue weighted by molar-refractivity contribution is 5.25. The third kappa shape index (κ3) is 2.23. The molecule has 0 heterocycles. The zero-order valence-corrected chi connectivity index (χ0v) is 14.1. The van der Waals surface area contributed by atoms with Gasteiger partial charge in [-0.3, -0.25) is 0 Å². The van der Waals surface area contributed by atoms with Crippen LogP contribution in [0.15, 0.2) is 24.3 Å². The minimum absolute atomic E-state index is 0.0459. The number of aliphatic hydroxyl groups excluding tert-OH is 1. The summed E-state index contributed by atoms with van der Waals surface area (Å²) in [4.78, 5) is 0. The highest BCUT2D eigenvalue weighted by Crippen LogP contribution is 2.63. The van der Waals surface area contributed by atoms with Crippen LogP contribution in [0.5, 0.6) is 0 Å². The normalized spacial score (nSPS) is 45.2. The predicted molar refractivity (Wildman–Crippen MR) is 89.0 cm³/mol. The van der Waals surface area contributed by atoms with Gasteiger partial charge in [0.05, 0.1) is 6.61 Å². The molecule has 1 heteroatoms. The molecular formula is C20H32O. The van der Waals surface area contributed by atoms with Crippen LogP contribution in [-0.2, 0) is 0 Å². The van der Waals surface area contributed by atoms with E-state index in [0.717, 1.165) is 24.7 Å². The van der Waals surface area contributed by atoms with E-state index in [0.29, 0.717) is 10.8 Å². The summed E-state index contributed by atoms with van der Waals surface area (Å²) in [6.45, 7) is 11.8. The molecule has 0 saturated heterocycles. The van der Waals surface area contributed by atoms with Crippen LogP contribution in [0, 0.1) is 28.1 Å². The lowest BCUT2D eigenvalue weighted by molar-refractivity contribution is -0.0524. The van der Waals surface area contributed by atoms with Crippen LogP contribution in [-0.4, -0.2) is 11.7 Å².